The van der Waals surface area contributed by atoms with E-state index in [2.05, 4.69) is 50.0 Å². The highest BCUT2D eigenvalue weighted by Gasteiger charge is 2.46. The van der Waals surface area contributed by atoms with Crippen LogP contribution in [0.4, 0.5) is 0 Å². The van der Waals surface area contributed by atoms with Crippen LogP contribution in [-0.2, 0) is 19.1 Å². The second-order valence-corrected chi connectivity index (χ2v) is 10.7. The lowest BCUT2D eigenvalue weighted by Crippen LogP contribution is -2.44. The van der Waals surface area contributed by atoms with E-state index in [0.29, 0.717) is 24.3 Å². The van der Waals surface area contributed by atoms with E-state index in [0.717, 1.165) is 41.6 Å². The zero-order valence-corrected chi connectivity index (χ0v) is 20.5. The van der Waals surface area contributed by atoms with Crippen molar-refractivity contribution in [1.82, 2.24) is 5.32 Å². The molecule has 35 heavy (non-hydrogen) atoms. The standard InChI is InChI=1S/C30H33NO4/c1-19-26(29(33)35-18-23-10-7-15-34-23)27(28-24(31-19)16-30(2,3)17-25(28)32)22-13-11-21(12-14-22)20-8-5-4-6-9-20/h4-6,8-9,11-14,23,26-27,31H,1,7,10,15-18H2,2-3H3. The molecule has 2 aliphatic heterocycles. The van der Waals surface area contributed by atoms with Gasteiger partial charge >= 0.3 is 5.97 Å². The van der Waals surface area contributed by atoms with Crippen molar-refractivity contribution < 1.29 is 19.1 Å². The summed E-state index contributed by atoms with van der Waals surface area (Å²) in [5, 5.41) is 3.33. The number of allylic oxidation sites excluding steroid dienone is 2. The van der Waals surface area contributed by atoms with Gasteiger partial charge in [0.2, 0.25) is 0 Å². The highest BCUT2D eigenvalue weighted by atomic mass is 16.6. The Labute approximate surface area is 207 Å². The van der Waals surface area contributed by atoms with Crippen molar-refractivity contribution in [3.63, 3.8) is 0 Å². The molecule has 1 N–H and O–H groups in total. The number of carbonyl (C=O) groups excluding carboxylic acids is 2. The zero-order valence-electron chi connectivity index (χ0n) is 20.5. The Morgan fingerprint density at radius 1 is 1.09 bits per heavy atom. The van der Waals surface area contributed by atoms with Crippen LogP contribution >= 0.6 is 0 Å². The summed E-state index contributed by atoms with van der Waals surface area (Å²) in [5.41, 5.74) is 5.16. The third kappa shape index (κ3) is 4.83. The zero-order chi connectivity index (χ0) is 24.6. The van der Waals surface area contributed by atoms with Gasteiger partial charge in [-0.2, -0.15) is 0 Å². The fourth-order valence-corrected chi connectivity index (χ4v) is 5.64. The molecular weight excluding hydrogens is 438 g/mol. The van der Waals surface area contributed by atoms with Crippen LogP contribution in [0.5, 0.6) is 0 Å². The lowest BCUT2D eigenvalue weighted by Gasteiger charge is -2.42. The molecular formula is C30H33NO4. The fraction of sp³-hybridized carbons (Fsp3) is 0.400. The summed E-state index contributed by atoms with van der Waals surface area (Å²) in [6.07, 6.45) is 3.01. The van der Waals surface area contributed by atoms with Crippen LogP contribution in [-0.4, -0.2) is 31.1 Å². The number of benzene rings is 2. The number of hydrogen-bond acceptors (Lipinski definition) is 5. The van der Waals surface area contributed by atoms with Gasteiger partial charge in [-0.3, -0.25) is 9.59 Å². The van der Waals surface area contributed by atoms with Gasteiger partial charge < -0.3 is 14.8 Å². The van der Waals surface area contributed by atoms with E-state index in [1.54, 1.807) is 0 Å². The molecule has 5 nitrogen and oxygen atoms in total. The number of esters is 1. The summed E-state index contributed by atoms with van der Waals surface area (Å²) in [7, 11) is 0. The van der Waals surface area contributed by atoms with E-state index in [9.17, 15) is 9.59 Å². The minimum atomic E-state index is -0.678. The van der Waals surface area contributed by atoms with E-state index in [4.69, 9.17) is 9.47 Å². The van der Waals surface area contributed by atoms with Gasteiger partial charge in [0.25, 0.3) is 0 Å². The molecule has 5 heteroatoms. The number of ether oxygens (including phenoxy) is 2. The van der Waals surface area contributed by atoms with Crippen molar-refractivity contribution in [3.05, 3.63) is 83.7 Å². The molecule has 0 spiro atoms. The van der Waals surface area contributed by atoms with Gasteiger partial charge in [-0.1, -0.05) is 75.0 Å². The summed E-state index contributed by atoms with van der Waals surface area (Å²) in [6.45, 7) is 9.35. The average molecular weight is 472 g/mol. The van der Waals surface area contributed by atoms with Gasteiger partial charge in [-0.05, 0) is 41.4 Å². The van der Waals surface area contributed by atoms with Crippen LogP contribution in [0.1, 0.15) is 51.0 Å². The number of nitrogens with one attached hydrogen (secondary N) is 1. The van der Waals surface area contributed by atoms with E-state index in [1.807, 2.05) is 30.3 Å². The number of ketones is 1. The van der Waals surface area contributed by atoms with Gasteiger partial charge in [0.15, 0.2) is 5.78 Å². The van der Waals surface area contributed by atoms with Crippen molar-refractivity contribution in [3.8, 4) is 11.1 Å². The molecule has 2 heterocycles. The molecule has 5 rings (SSSR count). The second-order valence-electron chi connectivity index (χ2n) is 10.7. The third-order valence-corrected chi connectivity index (χ3v) is 7.32. The number of carbonyl (C=O) groups is 2. The van der Waals surface area contributed by atoms with Crippen molar-refractivity contribution in [2.45, 2.75) is 51.6 Å². The Morgan fingerprint density at radius 2 is 1.80 bits per heavy atom. The fourth-order valence-electron chi connectivity index (χ4n) is 5.64. The van der Waals surface area contributed by atoms with E-state index in [1.165, 1.54) is 0 Å². The molecule has 2 aromatic rings. The summed E-state index contributed by atoms with van der Waals surface area (Å²) >= 11 is 0. The average Bonchev–Trinajstić information content (AvgIpc) is 3.35. The Morgan fingerprint density at radius 3 is 2.49 bits per heavy atom. The maximum absolute atomic E-state index is 13.5. The highest BCUT2D eigenvalue weighted by molar-refractivity contribution is 6.01. The minimum Gasteiger partial charge on any atom is -0.462 e. The van der Waals surface area contributed by atoms with Crippen molar-refractivity contribution >= 4 is 11.8 Å². The van der Waals surface area contributed by atoms with E-state index < -0.39 is 11.8 Å². The number of rotatable bonds is 5. The summed E-state index contributed by atoms with van der Waals surface area (Å²) in [5.74, 6) is -1.38. The smallest absolute Gasteiger partial charge is 0.315 e. The van der Waals surface area contributed by atoms with E-state index in [-0.39, 0.29) is 29.9 Å². The van der Waals surface area contributed by atoms with Crippen LogP contribution in [0.2, 0.25) is 0 Å². The van der Waals surface area contributed by atoms with Crippen LogP contribution in [0.3, 0.4) is 0 Å². The molecule has 0 radical (unpaired) electrons. The van der Waals surface area contributed by atoms with Crippen LogP contribution in [0, 0.1) is 11.3 Å². The molecule has 1 saturated heterocycles. The highest BCUT2D eigenvalue weighted by Crippen LogP contribution is 2.48. The molecule has 0 saturated carbocycles. The Balaban J connectivity index is 1.51. The summed E-state index contributed by atoms with van der Waals surface area (Å²) < 4.78 is 11.4. The molecule has 1 fully saturated rings. The third-order valence-electron chi connectivity index (χ3n) is 7.32. The molecule has 2 aromatic carbocycles. The molecule has 0 bridgehead atoms. The molecule has 182 valence electrons. The molecule has 3 aliphatic rings. The topological polar surface area (TPSA) is 64.6 Å². The minimum absolute atomic E-state index is 0.0562. The molecule has 0 aromatic heterocycles. The van der Waals surface area contributed by atoms with Gasteiger partial charge in [-0.15, -0.1) is 0 Å². The first-order chi connectivity index (χ1) is 16.8. The SMILES string of the molecule is C=C1NC2=C(C(=O)CC(C)(C)C2)C(c2ccc(-c3ccccc3)cc2)C1C(=O)OCC1CCCO1. The largest absolute Gasteiger partial charge is 0.462 e. The maximum Gasteiger partial charge on any atom is 0.315 e. The maximum atomic E-state index is 13.5. The summed E-state index contributed by atoms with van der Waals surface area (Å²) in [4.78, 5) is 26.9. The lowest BCUT2D eigenvalue weighted by atomic mass is 9.66. The Kier molecular flexibility index (Phi) is 6.37. The molecule has 0 amide bonds. The van der Waals surface area contributed by atoms with Crippen molar-refractivity contribution in [2.75, 3.05) is 13.2 Å². The Hall–Kier alpha value is -3.18. The van der Waals surface area contributed by atoms with Crippen LogP contribution in [0.25, 0.3) is 11.1 Å². The Bertz CT molecular complexity index is 1160. The predicted molar refractivity (Wildman–Crippen MR) is 135 cm³/mol. The lowest BCUT2D eigenvalue weighted by molar-refractivity contribution is -0.151. The van der Waals surface area contributed by atoms with Gasteiger partial charge in [0.05, 0.1) is 6.10 Å². The summed E-state index contributed by atoms with van der Waals surface area (Å²) in [6, 6.07) is 18.3. The normalized spacial score (nSPS) is 25.7. The quantitative estimate of drug-likeness (QED) is 0.581. The number of hydrogen-bond donors (Lipinski definition) is 1. The van der Waals surface area contributed by atoms with Gasteiger partial charge in [0.1, 0.15) is 12.5 Å². The monoisotopic (exact) mass is 471 g/mol. The first kappa shape index (κ1) is 23.6. The van der Waals surface area contributed by atoms with Gasteiger partial charge in [0, 0.05) is 35.9 Å². The van der Waals surface area contributed by atoms with Crippen molar-refractivity contribution in [2.24, 2.45) is 11.3 Å². The van der Waals surface area contributed by atoms with E-state index >= 15 is 0 Å². The predicted octanol–water partition coefficient (Wildman–Crippen LogP) is 5.54. The second kappa shape index (κ2) is 9.46. The van der Waals surface area contributed by atoms with Crippen LogP contribution < -0.4 is 5.32 Å². The number of Topliss-reactive ketones (excluding diaryl/α,β-unsaturated/α-hetero) is 1. The van der Waals surface area contributed by atoms with Gasteiger partial charge in [-0.25, -0.2) is 0 Å². The first-order valence-electron chi connectivity index (χ1n) is 12.5. The molecule has 1 aliphatic carbocycles. The molecule has 3 unspecified atom stereocenters. The first-order valence-corrected chi connectivity index (χ1v) is 12.5. The van der Waals surface area contributed by atoms with Crippen molar-refractivity contribution in [1.29, 1.82) is 0 Å². The molecule has 3 atom stereocenters. The van der Waals surface area contributed by atoms with Crippen LogP contribution in [0.15, 0.2) is 78.1 Å².